The van der Waals surface area contributed by atoms with Crippen LogP contribution in [0.1, 0.15) is 39.3 Å². The van der Waals surface area contributed by atoms with Crippen LogP contribution in [-0.4, -0.2) is 82.5 Å². The average Bonchev–Trinajstić information content (AvgIpc) is 3.63. The molecule has 3 aromatic rings. The van der Waals surface area contributed by atoms with Gasteiger partial charge in [0.1, 0.15) is 5.82 Å². The number of carbonyl (C=O) groups excluding carboxylic acids is 1. The quantitative estimate of drug-likeness (QED) is 0.328. The summed E-state index contributed by atoms with van der Waals surface area (Å²) < 4.78 is 25.7. The van der Waals surface area contributed by atoms with Crippen molar-refractivity contribution >= 4 is 18.2 Å². The number of halogens is 1. The molecular formula is C28H35FN8O3. The first-order chi connectivity index (χ1) is 19.3. The van der Waals surface area contributed by atoms with Gasteiger partial charge in [-0.1, -0.05) is 0 Å². The number of carbonyl (C=O) groups is 1. The van der Waals surface area contributed by atoms with Gasteiger partial charge in [0.25, 0.3) is 0 Å². The van der Waals surface area contributed by atoms with Gasteiger partial charge in [0, 0.05) is 37.4 Å². The molecule has 2 aliphatic rings. The maximum atomic E-state index is 13.7. The molecule has 12 heteroatoms. The number of hydrogen-bond donors (Lipinski definition) is 3. The molecule has 1 saturated heterocycles. The number of H-pyrrole nitrogens is 1. The summed E-state index contributed by atoms with van der Waals surface area (Å²) in [5.41, 5.74) is 1.70. The van der Waals surface area contributed by atoms with Crippen LogP contribution in [-0.2, 0) is 14.3 Å². The fraction of sp³-hybridized carbons (Fsp3) is 0.464. The standard InChI is InChI=1S/C28H35FN8O3/c1-18(2)33-26(38)28(3)15-39-25(40-16-28)24-35-22(19-5-7-20(29)8-6-19)23(36-24)21-9-11-32-27(34-21)31-10-4-13-37-14-12-30-17-37/h5-9,11,17-18,25H,4,10,12-16H2,1-3H3,(H,33,38)(H,35,36)(H,31,32,34). The molecule has 0 radical (unpaired) electrons. The lowest BCUT2D eigenvalue weighted by molar-refractivity contribution is -0.231. The molecule has 1 fully saturated rings. The van der Waals surface area contributed by atoms with Crippen molar-refractivity contribution in [2.45, 2.75) is 39.5 Å². The highest BCUT2D eigenvalue weighted by atomic mass is 19.1. The number of hydrogen-bond acceptors (Lipinski definition) is 9. The molecule has 2 aromatic heterocycles. The highest BCUT2D eigenvalue weighted by Gasteiger charge is 2.41. The van der Waals surface area contributed by atoms with Crippen molar-refractivity contribution < 1.29 is 18.7 Å². The van der Waals surface area contributed by atoms with Gasteiger partial charge in [0.15, 0.2) is 5.82 Å². The third-order valence-electron chi connectivity index (χ3n) is 6.72. The van der Waals surface area contributed by atoms with Crippen molar-refractivity contribution in [3.05, 3.63) is 48.2 Å². The molecule has 0 unspecified atom stereocenters. The zero-order chi connectivity index (χ0) is 28.1. The number of imidazole rings is 1. The van der Waals surface area contributed by atoms with Crippen molar-refractivity contribution in [2.75, 3.05) is 44.7 Å². The fourth-order valence-electron chi connectivity index (χ4n) is 4.49. The summed E-state index contributed by atoms with van der Waals surface area (Å²) >= 11 is 0. The van der Waals surface area contributed by atoms with E-state index in [0.29, 0.717) is 41.0 Å². The van der Waals surface area contributed by atoms with Gasteiger partial charge in [-0.05, 0) is 57.5 Å². The Labute approximate surface area is 232 Å². The molecule has 11 nitrogen and oxygen atoms in total. The first-order valence-electron chi connectivity index (χ1n) is 13.5. The van der Waals surface area contributed by atoms with Gasteiger partial charge < -0.3 is 30.0 Å². The number of rotatable bonds is 10. The largest absolute Gasteiger partial charge is 0.361 e. The molecule has 4 heterocycles. The second kappa shape index (κ2) is 12.1. The predicted octanol–water partition coefficient (Wildman–Crippen LogP) is 3.40. The van der Waals surface area contributed by atoms with E-state index in [2.05, 4.69) is 30.5 Å². The summed E-state index contributed by atoms with van der Waals surface area (Å²) in [6.45, 7) is 9.40. The van der Waals surface area contributed by atoms with E-state index in [0.717, 1.165) is 26.1 Å². The lowest BCUT2D eigenvalue weighted by Gasteiger charge is -2.35. The third kappa shape index (κ3) is 6.45. The number of amides is 1. The number of nitrogens with zero attached hydrogens (tertiary/aromatic N) is 5. The Kier molecular flexibility index (Phi) is 8.36. The zero-order valence-corrected chi connectivity index (χ0v) is 23.0. The van der Waals surface area contributed by atoms with Crippen LogP contribution in [0.2, 0.25) is 0 Å². The van der Waals surface area contributed by atoms with Crippen LogP contribution in [0, 0.1) is 11.2 Å². The lowest BCUT2D eigenvalue weighted by Crippen LogP contribution is -2.50. The van der Waals surface area contributed by atoms with Crippen molar-refractivity contribution in [2.24, 2.45) is 10.4 Å². The van der Waals surface area contributed by atoms with Gasteiger partial charge in [-0.15, -0.1) is 0 Å². The average molecular weight is 551 g/mol. The minimum atomic E-state index is -0.815. The second-order valence-corrected chi connectivity index (χ2v) is 10.6. The summed E-state index contributed by atoms with van der Waals surface area (Å²) in [5, 5.41) is 6.21. The van der Waals surface area contributed by atoms with Crippen LogP contribution in [0.15, 0.2) is 41.5 Å². The molecule has 0 atom stereocenters. The highest BCUT2D eigenvalue weighted by Crippen LogP contribution is 2.35. The monoisotopic (exact) mass is 550 g/mol. The Balaban J connectivity index is 1.34. The maximum Gasteiger partial charge on any atom is 0.230 e. The van der Waals surface area contributed by atoms with Gasteiger partial charge in [-0.25, -0.2) is 19.3 Å². The Hall–Kier alpha value is -3.90. The number of aromatic nitrogens is 4. The first-order valence-corrected chi connectivity index (χ1v) is 13.5. The summed E-state index contributed by atoms with van der Waals surface area (Å²) in [6.07, 6.45) is 3.68. The zero-order valence-electron chi connectivity index (χ0n) is 23.0. The van der Waals surface area contributed by atoms with Crippen molar-refractivity contribution in [1.29, 1.82) is 0 Å². The summed E-state index contributed by atoms with van der Waals surface area (Å²) in [4.78, 5) is 36.2. The lowest BCUT2D eigenvalue weighted by atomic mass is 9.90. The van der Waals surface area contributed by atoms with Crippen LogP contribution < -0.4 is 10.6 Å². The van der Waals surface area contributed by atoms with E-state index in [4.69, 9.17) is 19.4 Å². The minimum absolute atomic E-state index is 0.0136. The van der Waals surface area contributed by atoms with Crippen LogP contribution in [0.25, 0.3) is 22.6 Å². The van der Waals surface area contributed by atoms with E-state index in [9.17, 15) is 9.18 Å². The van der Waals surface area contributed by atoms with E-state index in [1.54, 1.807) is 24.4 Å². The number of ether oxygens (including phenoxy) is 2. The molecule has 1 aromatic carbocycles. The summed E-state index contributed by atoms with van der Waals surface area (Å²) in [6, 6.07) is 7.90. The van der Waals surface area contributed by atoms with Crippen LogP contribution >= 0.6 is 0 Å². The molecule has 3 N–H and O–H groups in total. The Morgan fingerprint density at radius 3 is 2.67 bits per heavy atom. The van der Waals surface area contributed by atoms with E-state index in [-0.39, 0.29) is 31.0 Å². The van der Waals surface area contributed by atoms with E-state index >= 15 is 0 Å². The molecule has 0 bridgehead atoms. The van der Waals surface area contributed by atoms with Gasteiger partial charge in [0.05, 0.1) is 48.6 Å². The molecule has 0 spiro atoms. The van der Waals surface area contributed by atoms with Crippen LogP contribution in [0.4, 0.5) is 10.3 Å². The minimum Gasteiger partial charge on any atom is -0.361 e. The topological polar surface area (TPSA) is 130 Å². The highest BCUT2D eigenvalue weighted by molar-refractivity contribution is 5.83. The van der Waals surface area contributed by atoms with Gasteiger partial charge >= 0.3 is 0 Å². The molecule has 212 valence electrons. The SMILES string of the molecule is CC(C)NC(=O)C1(C)COC(c2nc(-c3ccc(F)cc3)c(-c3ccnc(NCCCN4C=NCC4)n3)[nH]2)OC1. The first kappa shape index (κ1) is 27.7. The summed E-state index contributed by atoms with van der Waals surface area (Å²) in [5.74, 6) is 0.460. The second-order valence-electron chi connectivity index (χ2n) is 10.6. The van der Waals surface area contributed by atoms with E-state index in [1.807, 2.05) is 27.1 Å². The number of anilines is 1. The number of aromatic amines is 1. The Bertz CT molecular complexity index is 1340. The molecular weight excluding hydrogens is 515 g/mol. The Morgan fingerprint density at radius 2 is 1.98 bits per heavy atom. The van der Waals surface area contributed by atoms with E-state index < -0.39 is 11.7 Å². The van der Waals surface area contributed by atoms with Crippen molar-refractivity contribution in [3.63, 3.8) is 0 Å². The van der Waals surface area contributed by atoms with Crippen LogP contribution in [0.5, 0.6) is 0 Å². The molecule has 1 amide bonds. The normalized spacial score (nSPS) is 20.7. The predicted molar refractivity (Wildman–Crippen MR) is 149 cm³/mol. The molecule has 0 saturated carbocycles. The number of nitrogens with one attached hydrogen (secondary N) is 3. The maximum absolute atomic E-state index is 13.7. The molecule has 2 aliphatic heterocycles. The smallest absolute Gasteiger partial charge is 0.230 e. The molecule has 40 heavy (non-hydrogen) atoms. The van der Waals surface area contributed by atoms with Crippen molar-refractivity contribution in [1.82, 2.24) is 30.2 Å². The Morgan fingerprint density at radius 1 is 1.20 bits per heavy atom. The fourth-order valence-corrected chi connectivity index (χ4v) is 4.49. The number of aliphatic imine (C=N–C) groups is 1. The van der Waals surface area contributed by atoms with Gasteiger partial charge in [-0.3, -0.25) is 9.79 Å². The van der Waals surface area contributed by atoms with Crippen LogP contribution in [0.3, 0.4) is 0 Å². The summed E-state index contributed by atoms with van der Waals surface area (Å²) in [7, 11) is 0. The molecule has 0 aliphatic carbocycles. The molecule has 5 rings (SSSR count). The van der Waals surface area contributed by atoms with Gasteiger partial charge in [0.2, 0.25) is 18.1 Å². The van der Waals surface area contributed by atoms with Crippen molar-refractivity contribution in [3.8, 4) is 22.6 Å². The van der Waals surface area contributed by atoms with Gasteiger partial charge in [-0.2, -0.15) is 0 Å². The van der Waals surface area contributed by atoms with E-state index in [1.165, 1.54) is 12.1 Å². The number of benzene rings is 1. The third-order valence-corrected chi connectivity index (χ3v) is 6.72.